The summed E-state index contributed by atoms with van der Waals surface area (Å²) in [5.41, 5.74) is 0.993. The van der Waals surface area contributed by atoms with Crippen LogP contribution < -0.4 is 21.3 Å². The molecule has 0 radical (unpaired) electrons. The number of aromatic nitrogens is 6. The summed E-state index contributed by atoms with van der Waals surface area (Å²) >= 11 is 0. The zero-order valence-corrected chi connectivity index (χ0v) is 18.2. The van der Waals surface area contributed by atoms with Crippen LogP contribution >= 0.6 is 0 Å². The van der Waals surface area contributed by atoms with Crippen molar-refractivity contribution in [1.29, 1.82) is 0 Å². The molecule has 4 rings (SSSR count). The van der Waals surface area contributed by atoms with Crippen LogP contribution in [0.15, 0.2) is 46.4 Å². The lowest BCUT2D eigenvalue weighted by Gasteiger charge is -2.07. The molecule has 11 nitrogen and oxygen atoms in total. The van der Waals surface area contributed by atoms with Gasteiger partial charge < -0.3 is 13.9 Å². The third-order valence-electron chi connectivity index (χ3n) is 5.12. The average Bonchev–Trinajstić information content (AvgIpc) is 3.35. The molecule has 0 saturated carbocycles. The summed E-state index contributed by atoms with van der Waals surface area (Å²) in [4.78, 5) is 45.9. The number of carbonyl (C=O) groups is 1. The number of benzene rings is 1. The highest BCUT2D eigenvalue weighted by atomic mass is 16.5. The van der Waals surface area contributed by atoms with Crippen molar-refractivity contribution in [3.63, 3.8) is 0 Å². The van der Waals surface area contributed by atoms with Crippen molar-refractivity contribution in [1.82, 2.24) is 28.2 Å². The Morgan fingerprint density at radius 1 is 1.09 bits per heavy atom. The standard InChI is InChI=1S/C21H23N7O4/c1-5-32-14-8-6-13(7-9-14)15-10-25(2)20(23-15)24-16(29)11-28-12-22-18-17(28)19(30)27(4)21(31)26(18)3/h6-10,12H,5,11H2,1-4H3,(H,23,24,29). The molecule has 11 heteroatoms. The first-order valence-electron chi connectivity index (χ1n) is 9.97. The van der Waals surface area contributed by atoms with E-state index in [4.69, 9.17) is 4.74 Å². The lowest BCUT2D eigenvalue weighted by atomic mass is 10.2. The summed E-state index contributed by atoms with van der Waals surface area (Å²) in [6.45, 7) is 2.36. The molecule has 3 aromatic heterocycles. The van der Waals surface area contributed by atoms with Gasteiger partial charge in [-0.2, -0.15) is 0 Å². The predicted octanol–water partition coefficient (Wildman–Crippen LogP) is 0.872. The minimum Gasteiger partial charge on any atom is -0.494 e. The molecule has 0 bridgehead atoms. The van der Waals surface area contributed by atoms with Crippen molar-refractivity contribution < 1.29 is 9.53 Å². The van der Waals surface area contributed by atoms with Gasteiger partial charge in [0.15, 0.2) is 11.2 Å². The fraction of sp³-hybridized carbons (Fsp3) is 0.286. The Kier molecular flexibility index (Phi) is 5.39. The minimum atomic E-state index is -0.511. The summed E-state index contributed by atoms with van der Waals surface area (Å²) < 4.78 is 10.8. The number of hydrogen-bond donors (Lipinski definition) is 1. The second kappa shape index (κ2) is 8.17. The number of nitrogens with zero attached hydrogens (tertiary/aromatic N) is 6. The van der Waals surface area contributed by atoms with E-state index in [0.717, 1.165) is 15.9 Å². The molecule has 0 aliphatic carbocycles. The van der Waals surface area contributed by atoms with Gasteiger partial charge in [-0.05, 0) is 31.2 Å². The Morgan fingerprint density at radius 3 is 2.50 bits per heavy atom. The van der Waals surface area contributed by atoms with E-state index in [1.807, 2.05) is 37.4 Å². The maximum Gasteiger partial charge on any atom is 0.332 e. The van der Waals surface area contributed by atoms with Gasteiger partial charge in [-0.25, -0.2) is 14.8 Å². The van der Waals surface area contributed by atoms with Gasteiger partial charge in [0, 0.05) is 32.9 Å². The zero-order chi connectivity index (χ0) is 23.0. The molecule has 1 N–H and O–H groups in total. The van der Waals surface area contributed by atoms with Crippen LogP contribution in [0.25, 0.3) is 22.4 Å². The molecule has 0 atom stereocenters. The molecule has 3 heterocycles. The Balaban J connectivity index is 1.56. The summed E-state index contributed by atoms with van der Waals surface area (Å²) in [5.74, 6) is 0.757. The maximum absolute atomic E-state index is 12.7. The molecule has 0 unspecified atom stereocenters. The van der Waals surface area contributed by atoms with Crippen LogP contribution in [0.5, 0.6) is 5.75 Å². The number of ether oxygens (including phenoxy) is 1. The monoisotopic (exact) mass is 437 g/mol. The maximum atomic E-state index is 12.7. The number of fused-ring (bicyclic) bond motifs is 1. The third-order valence-corrected chi connectivity index (χ3v) is 5.12. The molecular weight excluding hydrogens is 414 g/mol. The number of nitrogens with one attached hydrogen (secondary N) is 1. The number of rotatable bonds is 6. The van der Waals surface area contributed by atoms with Crippen LogP contribution in [-0.2, 0) is 32.5 Å². The first-order valence-corrected chi connectivity index (χ1v) is 9.97. The second-order valence-corrected chi connectivity index (χ2v) is 7.32. The minimum absolute atomic E-state index is 0.158. The summed E-state index contributed by atoms with van der Waals surface area (Å²) in [6.07, 6.45) is 3.18. The number of carbonyl (C=O) groups excluding carboxylic acids is 1. The molecule has 1 aromatic carbocycles. The van der Waals surface area contributed by atoms with E-state index >= 15 is 0 Å². The highest BCUT2D eigenvalue weighted by Crippen LogP contribution is 2.23. The Bertz CT molecular complexity index is 1420. The first-order chi connectivity index (χ1) is 15.3. The van der Waals surface area contributed by atoms with Crippen LogP contribution in [0.4, 0.5) is 5.95 Å². The van der Waals surface area contributed by atoms with E-state index < -0.39 is 11.2 Å². The SMILES string of the molecule is CCOc1ccc(-c2cn(C)c(NC(=O)Cn3cnc4c3c(=O)n(C)c(=O)n4C)n2)cc1. The van der Waals surface area contributed by atoms with Crippen molar-refractivity contribution >= 4 is 23.0 Å². The van der Waals surface area contributed by atoms with Gasteiger partial charge in [-0.15, -0.1) is 0 Å². The van der Waals surface area contributed by atoms with Crippen molar-refractivity contribution in [3.05, 3.63) is 57.6 Å². The zero-order valence-electron chi connectivity index (χ0n) is 18.2. The summed E-state index contributed by atoms with van der Waals surface area (Å²) in [6, 6.07) is 7.53. The van der Waals surface area contributed by atoms with E-state index in [9.17, 15) is 14.4 Å². The van der Waals surface area contributed by atoms with Gasteiger partial charge >= 0.3 is 5.69 Å². The van der Waals surface area contributed by atoms with Crippen molar-refractivity contribution in [2.45, 2.75) is 13.5 Å². The van der Waals surface area contributed by atoms with Gasteiger partial charge in [0.05, 0.1) is 18.6 Å². The van der Waals surface area contributed by atoms with Gasteiger partial charge in [0.25, 0.3) is 5.56 Å². The molecule has 0 saturated heterocycles. The van der Waals surface area contributed by atoms with Crippen molar-refractivity contribution in [2.24, 2.45) is 21.1 Å². The first kappa shape index (κ1) is 21.1. The number of imidazole rings is 2. The van der Waals surface area contributed by atoms with E-state index in [0.29, 0.717) is 18.2 Å². The molecule has 32 heavy (non-hydrogen) atoms. The normalized spacial score (nSPS) is 11.1. The lowest BCUT2D eigenvalue weighted by Crippen LogP contribution is -2.37. The summed E-state index contributed by atoms with van der Waals surface area (Å²) in [5, 5.41) is 2.76. The molecule has 0 fully saturated rings. The van der Waals surface area contributed by atoms with E-state index in [1.165, 1.54) is 29.6 Å². The smallest absolute Gasteiger partial charge is 0.332 e. The molecule has 1 amide bonds. The molecular formula is C21H23N7O4. The van der Waals surface area contributed by atoms with Crippen molar-refractivity contribution in [3.8, 4) is 17.0 Å². The topological polar surface area (TPSA) is 118 Å². The van der Waals surface area contributed by atoms with Crippen LogP contribution in [0.3, 0.4) is 0 Å². The highest BCUT2D eigenvalue weighted by Gasteiger charge is 2.17. The quantitative estimate of drug-likeness (QED) is 0.478. The lowest BCUT2D eigenvalue weighted by molar-refractivity contribution is -0.116. The number of amides is 1. The van der Waals surface area contributed by atoms with Crippen LogP contribution in [-0.4, -0.2) is 40.8 Å². The predicted molar refractivity (Wildman–Crippen MR) is 119 cm³/mol. The molecule has 0 spiro atoms. The van der Waals surface area contributed by atoms with Gasteiger partial charge in [-0.1, -0.05) is 0 Å². The Labute approximate surface area is 182 Å². The molecule has 0 aliphatic rings. The molecule has 0 aliphatic heterocycles. The Morgan fingerprint density at radius 2 is 1.81 bits per heavy atom. The fourth-order valence-corrected chi connectivity index (χ4v) is 3.45. The highest BCUT2D eigenvalue weighted by molar-refractivity contribution is 5.90. The fourth-order valence-electron chi connectivity index (χ4n) is 3.45. The Hall–Kier alpha value is -4.15. The van der Waals surface area contributed by atoms with E-state index in [1.54, 1.807) is 11.6 Å². The van der Waals surface area contributed by atoms with E-state index in [-0.39, 0.29) is 23.6 Å². The summed E-state index contributed by atoms with van der Waals surface area (Å²) in [7, 11) is 4.69. The van der Waals surface area contributed by atoms with Gasteiger partial charge in [-0.3, -0.25) is 24.0 Å². The van der Waals surface area contributed by atoms with Crippen LogP contribution in [0.2, 0.25) is 0 Å². The number of aryl methyl sites for hydroxylation is 2. The van der Waals surface area contributed by atoms with Crippen LogP contribution in [0.1, 0.15) is 6.92 Å². The van der Waals surface area contributed by atoms with Gasteiger partial charge in [0.2, 0.25) is 11.9 Å². The average molecular weight is 437 g/mol. The van der Waals surface area contributed by atoms with Gasteiger partial charge in [0.1, 0.15) is 12.3 Å². The van der Waals surface area contributed by atoms with E-state index in [2.05, 4.69) is 15.3 Å². The number of hydrogen-bond acceptors (Lipinski definition) is 6. The second-order valence-electron chi connectivity index (χ2n) is 7.32. The van der Waals surface area contributed by atoms with Crippen molar-refractivity contribution in [2.75, 3.05) is 11.9 Å². The third kappa shape index (κ3) is 3.68. The largest absolute Gasteiger partial charge is 0.494 e. The molecule has 4 aromatic rings. The van der Waals surface area contributed by atoms with Crippen LogP contribution in [0, 0.1) is 0 Å². The molecule has 166 valence electrons. The number of anilines is 1.